The number of aromatic nitrogens is 2. The van der Waals surface area contributed by atoms with Crippen molar-refractivity contribution in [2.45, 2.75) is 12.5 Å². The van der Waals surface area contributed by atoms with Gasteiger partial charge in [-0.2, -0.15) is 5.26 Å². The van der Waals surface area contributed by atoms with E-state index in [1.165, 1.54) is 6.33 Å². The molecule has 0 spiro atoms. The van der Waals surface area contributed by atoms with Crippen LogP contribution >= 0.6 is 0 Å². The second-order valence-electron chi connectivity index (χ2n) is 2.58. The van der Waals surface area contributed by atoms with Crippen molar-refractivity contribution in [2.24, 2.45) is 0 Å². The fraction of sp³-hybridized carbons (Fsp3) is 0.333. The molecule has 14 heavy (non-hydrogen) atoms. The van der Waals surface area contributed by atoms with E-state index in [-0.39, 0.29) is 18.7 Å². The molecule has 0 aliphatic rings. The Kier molecular flexibility index (Phi) is 3.69. The first-order valence-corrected chi connectivity index (χ1v) is 3.99. The van der Waals surface area contributed by atoms with Crippen LogP contribution in [-0.4, -0.2) is 32.9 Å². The SMILES string of the molecule is N#Cc1nc[nH]c1C#CCC(O)CO. The minimum Gasteiger partial charge on any atom is -0.394 e. The number of hydrogen-bond donors (Lipinski definition) is 3. The van der Waals surface area contributed by atoms with Gasteiger partial charge >= 0.3 is 0 Å². The molecule has 0 saturated heterocycles. The van der Waals surface area contributed by atoms with E-state index in [2.05, 4.69) is 21.8 Å². The number of rotatable bonds is 2. The average Bonchev–Trinajstić information content (AvgIpc) is 2.65. The second kappa shape index (κ2) is 5.03. The highest BCUT2D eigenvalue weighted by atomic mass is 16.3. The smallest absolute Gasteiger partial charge is 0.174 e. The Morgan fingerprint density at radius 3 is 3.07 bits per heavy atom. The number of nitrogens with zero attached hydrogens (tertiary/aromatic N) is 2. The summed E-state index contributed by atoms with van der Waals surface area (Å²) in [5.74, 6) is 5.28. The van der Waals surface area contributed by atoms with Crippen molar-refractivity contribution in [3.8, 4) is 17.9 Å². The molecule has 0 fully saturated rings. The number of aliphatic hydroxyl groups excluding tert-OH is 2. The summed E-state index contributed by atoms with van der Waals surface area (Å²) >= 11 is 0. The Morgan fingerprint density at radius 2 is 2.43 bits per heavy atom. The summed E-state index contributed by atoms with van der Waals surface area (Å²) in [7, 11) is 0. The van der Waals surface area contributed by atoms with E-state index in [4.69, 9.17) is 15.5 Å². The lowest BCUT2D eigenvalue weighted by atomic mass is 10.2. The summed E-state index contributed by atoms with van der Waals surface area (Å²) in [6.07, 6.45) is 0.710. The van der Waals surface area contributed by atoms with Crippen LogP contribution in [0.25, 0.3) is 0 Å². The van der Waals surface area contributed by atoms with Crippen molar-refractivity contribution in [3.63, 3.8) is 0 Å². The molecular weight excluding hydrogens is 182 g/mol. The molecule has 0 radical (unpaired) electrons. The van der Waals surface area contributed by atoms with Crippen LogP contribution in [0.1, 0.15) is 17.8 Å². The van der Waals surface area contributed by atoms with E-state index in [1.54, 1.807) is 0 Å². The monoisotopic (exact) mass is 191 g/mol. The summed E-state index contributed by atoms with van der Waals surface area (Å²) in [6, 6.07) is 1.87. The highest BCUT2D eigenvalue weighted by molar-refractivity contribution is 5.38. The normalized spacial score (nSPS) is 11.2. The molecule has 1 rings (SSSR count). The average molecular weight is 191 g/mol. The van der Waals surface area contributed by atoms with Gasteiger partial charge in [0.05, 0.1) is 19.0 Å². The zero-order chi connectivity index (χ0) is 10.4. The lowest BCUT2D eigenvalue weighted by Crippen LogP contribution is -2.09. The van der Waals surface area contributed by atoms with Crippen molar-refractivity contribution in [1.29, 1.82) is 5.26 Å². The van der Waals surface area contributed by atoms with Gasteiger partial charge in [-0.05, 0) is 5.92 Å². The van der Waals surface area contributed by atoms with Crippen LogP contribution in [-0.2, 0) is 0 Å². The van der Waals surface area contributed by atoms with Crippen LogP contribution in [0.5, 0.6) is 0 Å². The lowest BCUT2D eigenvalue weighted by Gasteiger charge is -1.98. The van der Waals surface area contributed by atoms with Gasteiger partial charge in [0.25, 0.3) is 0 Å². The van der Waals surface area contributed by atoms with Crippen LogP contribution in [0.4, 0.5) is 0 Å². The molecule has 0 aliphatic carbocycles. The molecule has 1 aromatic heterocycles. The highest BCUT2D eigenvalue weighted by Gasteiger charge is 2.00. The van der Waals surface area contributed by atoms with Gasteiger partial charge in [0.15, 0.2) is 5.69 Å². The number of hydrogen-bond acceptors (Lipinski definition) is 4. The molecule has 0 amide bonds. The fourth-order valence-corrected chi connectivity index (χ4v) is 0.796. The molecule has 5 heteroatoms. The van der Waals surface area contributed by atoms with E-state index in [9.17, 15) is 0 Å². The van der Waals surface area contributed by atoms with Gasteiger partial charge in [-0.3, -0.25) is 0 Å². The van der Waals surface area contributed by atoms with E-state index in [1.807, 2.05) is 6.07 Å². The number of nitrogens with one attached hydrogen (secondary N) is 1. The third-order valence-electron chi connectivity index (χ3n) is 1.51. The van der Waals surface area contributed by atoms with Crippen molar-refractivity contribution in [2.75, 3.05) is 6.61 Å². The van der Waals surface area contributed by atoms with Gasteiger partial charge in [-0.1, -0.05) is 5.92 Å². The van der Waals surface area contributed by atoms with Crippen LogP contribution in [0, 0.1) is 23.2 Å². The summed E-state index contributed by atoms with van der Waals surface area (Å²) in [5, 5.41) is 26.0. The summed E-state index contributed by atoms with van der Waals surface area (Å²) < 4.78 is 0. The first-order chi connectivity index (χ1) is 6.77. The zero-order valence-corrected chi connectivity index (χ0v) is 7.36. The van der Waals surface area contributed by atoms with Gasteiger partial charge < -0.3 is 15.2 Å². The predicted octanol–water partition coefficient (Wildman–Crippen LogP) is -0.624. The van der Waals surface area contributed by atoms with Crippen LogP contribution in [0.2, 0.25) is 0 Å². The van der Waals surface area contributed by atoms with E-state index >= 15 is 0 Å². The Labute approximate surface area is 81.0 Å². The van der Waals surface area contributed by atoms with E-state index < -0.39 is 6.10 Å². The standard InChI is InChI=1S/C9H9N3O2/c10-4-9-8(11-6-12-9)3-1-2-7(14)5-13/h6-7,13-14H,2,5H2,(H,11,12). The molecule has 72 valence electrons. The first kappa shape index (κ1) is 10.3. The summed E-state index contributed by atoms with van der Waals surface area (Å²) in [4.78, 5) is 6.42. The van der Waals surface area contributed by atoms with Gasteiger partial charge in [0, 0.05) is 6.42 Å². The molecule has 1 unspecified atom stereocenters. The first-order valence-electron chi connectivity index (χ1n) is 3.99. The second-order valence-corrected chi connectivity index (χ2v) is 2.58. The molecular formula is C9H9N3O2. The highest BCUT2D eigenvalue weighted by Crippen LogP contribution is 1.98. The maximum Gasteiger partial charge on any atom is 0.174 e. The summed E-state index contributed by atoms with van der Waals surface area (Å²) in [5.41, 5.74) is 0.661. The molecule has 0 aromatic carbocycles. The number of nitriles is 1. The molecule has 0 bridgehead atoms. The number of H-pyrrole nitrogens is 1. The summed E-state index contributed by atoms with van der Waals surface area (Å²) in [6.45, 7) is -0.317. The van der Waals surface area contributed by atoms with Crippen LogP contribution in [0.3, 0.4) is 0 Å². The van der Waals surface area contributed by atoms with Crippen molar-refractivity contribution in [1.82, 2.24) is 9.97 Å². The quantitative estimate of drug-likeness (QED) is 0.543. The Hall–Kier alpha value is -1.82. The molecule has 1 aromatic rings. The minimum atomic E-state index is -0.837. The zero-order valence-electron chi connectivity index (χ0n) is 7.36. The maximum absolute atomic E-state index is 8.97. The van der Waals surface area contributed by atoms with Crippen molar-refractivity contribution >= 4 is 0 Å². The number of aliphatic hydroxyl groups is 2. The van der Waals surface area contributed by atoms with Gasteiger partial charge in [-0.15, -0.1) is 0 Å². The largest absolute Gasteiger partial charge is 0.394 e. The van der Waals surface area contributed by atoms with Crippen molar-refractivity contribution < 1.29 is 10.2 Å². The Balaban J connectivity index is 2.64. The third-order valence-corrected chi connectivity index (χ3v) is 1.51. The molecule has 1 atom stereocenters. The molecule has 5 nitrogen and oxygen atoms in total. The Bertz CT molecular complexity index is 394. The predicted molar refractivity (Wildman–Crippen MR) is 47.9 cm³/mol. The Morgan fingerprint density at radius 1 is 1.64 bits per heavy atom. The third kappa shape index (κ3) is 2.60. The van der Waals surface area contributed by atoms with E-state index in [0.717, 1.165) is 0 Å². The van der Waals surface area contributed by atoms with Gasteiger partial charge in [0.1, 0.15) is 11.8 Å². The van der Waals surface area contributed by atoms with Crippen LogP contribution < -0.4 is 0 Å². The van der Waals surface area contributed by atoms with Gasteiger partial charge in [-0.25, -0.2) is 4.98 Å². The number of imidazole rings is 1. The van der Waals surface area contributed by atoms with Crippen molar-refractivity contribution in [3.05, 3.63) is 17.7 Å². The molecule has 3 N–H and O–H groups in total. The van der Waals surface area contributed by atoms with Gasteiger partial charge in [0.2, 0.25) is 0 Å². The minimum absolute atomic E-state index is 0.167. The lowest BCUT2D eigenvalue weighted by molar-refractivity contribution is 0.0992. The fourth-order valence-electron chi connectivity index (χ4n) is 0.796. The molecule has 1 heterocycles. The molecule has 0 aliphatic heterocycles. The number of aromatic amines is 1. The molecule has 0 saturated carbocycles. The van der Waals surface area contributed by atoms with E-state index in [0.29, 0.717) is 5.69 Å². The van der Waals surface area contributed by atoms with Crippen LogP contribution in [0.15, 0.2) is 6.33 Å². The topological polar surface area (TPSA) is 92.9 Å². The maximum atomic E-state index is 8.97.